The fourth-order valence-corrected chi connectivity index (χ4v) is 5.68. The van der Waals surface area contributed by atoms with E-state index in [2.05, 4.69) is 0 Å². The second kappa shape index (κ2) is 9.62. The lowest BCUT2D eigenvalue weighted by Gasteiger charge is -2.49. The Hall–Kier alpha value is -4.15. The van der Waals surface area contributed by atoms with Gasteiger partial charge in [0, 0.05) is 11.5 Å². The molecule has 0 fully saturated rings. The van der Waals surface area contributed by atoms with Crippen LogP contribution in [0.5, 0.6) is 11.5 Å². The fourth-order valence-electron chi connectivity index (χ4n) is 5.68. The SMILES string of the molecule is CC[C@H]1C[C@H]2[C@H](N(C)C)C(O)=C(C(N)=O)C(=O)[C@@]2(O)C(O)=C1C(=O)c1cc(-c2cccc(O)c2)ccc1O. The van der Waals surface area contributed by atoms with E-state index in [1.807, 2.05) is 0 Å². The van der Waals surface area contributed by atoms with E-state index in [1.165, 1.54) is 29.2 Å². The van der Waals surface area contributed by atoms with Crippen molar-refractivity contribution in [1.29, 1.82) is 0 Å². The minimum Gasteiger partial charge on any atom is -0.510 e. The Morgan fingerprint density at radius 1 is 1.05 bits per heavy atom. The predicted molar refractivity (Wildman–Crippen MR) is 137 cm³/mol. The third-order valence-corrected chi connectivity index (χ3v) is 7.55. The molecular formula is C28H30N2O8. The average molecular weight is 523 g/mol. The van der Waals surface area contributed by atoms with Gasteiger partial charge in [-0.25, -0.2) is 0 Å². The molecule has 0 aromatic heterocycles. The van der Waals surface area contributed by atoms with Crippen molar-refractivity contribution in [3.63, 3.8) is 0 Å². The molecule has 0 unspecified atom stereocenters. The Balaban J connectivity index is 1.91. The van der Waals surface area contributed by atoms with Crippen LogP contribution in [0.2, 0.25) is 0 Å². The Bertz CT molecular complexity index is 1410. The summed E-state index contributed by atoms with van der Waals surface area (Å²) in [6.07, 6.45) is 0.335. The quantitative estimate of drug-likeness (QED) is 0.245. The van der Waals surface area contributed by atoms with E-state index in [0.717, 1.165) is 0 Å². The van der Waals surface area contributed by atoms with Crippen molar-refractivity contribution in [1.82, 2.24) is 4.90 Å². The number of fused-ring (bicyclic) bond motifs is 1. The summed E-state index contributed by atoms with van der Waals surface area (Å²) in [5, 5.41) is 54.3. The number of carbonyl (C=O) groups excluding carboxylic acids is 3. The van der Waals surface area contributed by atoms with Gasteiger partial charge in [0.05, 0.1) is 11.6 Å². The van der Waals surface area contributed by atoms with Crippen LogP contribution in [0.1, 0.15) is 30.1 Å². The zero-order chi connectivity index (χ0) is 28.1. The second-order valence-electron chi connectivity index (χ2n) is 9.95. The lowest BCUT2D eigenvalue weighted by atomic mass is 9.60. The van der Waals surface area contributed by atoms with Gasteiger partial charge < -0.3 is 31.3 Å². The number of ketones is 2. The molecule has 0 saturated carbocycles. The Kier molecular flexibility index (Phi) is 6.81. The first kappa shape index (κ1) is 26.9. The van der Waals surface area contributed by atoms with Crippen LogP contribution in [0.3, 0.4) is 0 Å². The van der Waals surface area contributed by atoms with Crippen molar-refractivity contribution >= 4 is 17.5 Å². The summed E-state index contributed by atoms with van der Waals surface area (Å²) in [5.74, 6) is -7.05. The Morgan fingerprint density at radius 3 is 2.29 bits per heavy atom. The number of aromatic hydroxyl groups is 2. The van der Waals surface area contributed by atoms with Gasteiger partial charge in [0.1, 0.15) is 28.6 Å². The minimum atomic E-state index is -2.71. The largest absolute Gasteiger partial charge is 0.510 e. The topological polar surface area (TPSA) is 182 Å². The second-order valence-corrected chi connectivity index (χ2v) is 9.95. The van der Waals surface area contributed by atoms with Crippen molar-refractivity contribution in [3.05, 3.63) is 70.7 Å². The summed E-state index contributed by atoms with van der Waals surface area (Å²) in [6, 6.07) is 9.47. The van der Waals surface area contributed by atoms with Crippen LogP contribution in [0, 0.1) is 11.8 Å². The summed E-state index contributed by atoms with van der Waals surface area (Å²) in [6.45, 7) is 1.76. The van der Waals surface area contributed by atoms with E-state index in [1.54, 1.807) is 39.2 Å². The van der Waals surface area contributed by atoms with Crippen LogP contribution in [-0.2, 0) is 9.59 Å². The van der Waals surface area contributed by atoms with E-state index in [4.69, 9.17) is 5.73 Å². The maximum atomic E-state index is 13.9. The molecule has 4 rings (SSSR count). The highest BCUT2D eigenvalue weighted by Crippen LogP contribution is 2.50. The van der Waals surface area contributed by atoms with Gasteiger partial charge in [0.25, 0.3) is 5.91 Å². The zero-order valence-corrected chi connectivity index (χ0v) is 21.2. The first-order valence-corrected chi connectivity index (χ1v) is 12.1. The van der Waals surface area contributed by atoms with Gasteiger partial charge in [-0.05, 0) is 68.2 Å². The maximum Gasteiger partial charge on any atom is 0.255 e. The number of nitrogens with two attached hydrogens (primary N) is 1. The van der Waals surface area contributed by atoms with Crippen LogP contribution >= 0.6 is 0 Å². The molecule has 0 bridgehead atoms. The maximum absolute atomic E-state index is 13.9. The number of hydrogen-bond donors (Lipinski definition) is 6. The molecule has 0 spiro atoms. The van der Waals surface area contributed by atoms with Gasteiger partial charge in [-0.1, -0.05) is 25.1 Å². The van der Waals surface area contributed by atoms with Crippen LogP contribution in [0.15, 0.2) is 65.1 Å². The van der Waals surface area contributed by atoms with Crippen LogP contribution in [-0.4, -0.2) is 73.6 Å². The number of carbonyl (C=O) groups is 3. The molecule has 0 radical (unpaired) electrons. The number of benzene rings is 2. The number of phenolic OH excluding ortho intramolecular Hbond substituents is 2. The number of phenols is 2. The minimum absolute atomic E-state index is 0.00298. The highest BCUT2D eigenvalue weighted by Gasteiger charge is 2.62. The lowest BCUT2D eigenvalue weighted by Crippen LogP contribution is -2.63. The lowest BCUT2D eigenvalue weighted by molar-refractivity contribution is -0.148. The molecule has 4 atom stereocenters. The van der Waals surface area contributed by atoms with Gasteiger partial charge >= 0.3 is 0 Å². The predicted octanol–water partition coefficient (Wildman–Crippen LogP) is 2.35. The fraction of sp³-hybridized carbons (Fsp3) is 0.321. The van der Waals surface area contributed by atoms with E-state index in [0.29, 0.717) is 17.5 Å². The zero-order valence-electron chi connectivity index (χ0n) is 21.2. The van der Waals surface area contributed by atoms with E-state index in [-0.39, 0.29) is 29.1 Å². The summed E-state index contributed by atoms with van der Waals surface area (Å²) >= 11 is 0. The van der Waals surface area contributed by atoms with E-state index in [9.17, 15) is 39.9 Å². The number of Topliss-reactive ketones (excluding diaryl/α,β-unsaturated/α-hetero) is 2. The van der Waals surface area contributed by atoms with Gasteiger partial charge in [0.15, 0.2) is 11.4 Å². The molecule has 2 aliphatic rings. The molecule has 7 N–H and O–H groups in total. The van der Waals surface area contributed by atoms with E-state index >= 15 is 0 Å². The number of allylic oxidation sites excluding steroid dienone is 1. The first-order chi connectivity index (χ1) is 17.8. The van der Waals surface area contributed by atoms with E-state index < -0.39 is 58.0 Å². The molecule has 2 aliphatic carbocycles. The number of nitrogens with zero attached hydrogens (tertiary/aromatic N) is 1. The van der Waals surface area contributed by atoms with Crippen molar-refractivity contribution in [2.45, 2.75) is 31.4 Å². The molecule has 2 aromatic rings. The molecule has 0 heterocycles. The van der Waals surface area contributed by atoms with Crippen LogP contribution in [0.25, 0.3) is 11.1 Å². The van der Waals surface area contributed by atoms with Gasteiger partial charge in [-0.15, -0.1) is 0 Å². The molecular weight excluding hydrogens is 492 g/mol. The summed E-state index contributed by atoms with van der Waals surface area (Å²) < 4.78 is 0. The number of amides is 1. The van der Waals surface area contributed by atoms with Crippen molar-refractivity contribution in [3.8, 4) is 22.6 Å². The molecule has 2 aromatic carbocycles. The molecule has 10 heteroatoms. The third kappa shape index (κ3) is 4.02. The number of rotatable bonds is 6. The summed E-state index contributed by atoms with van der Waals surface area (Å²) in [4.78, 5) is 40.8. The summed E-state index contributed by atoms with van der Waals surface area (Å²) in [7, 11) is 3.14. The monoisotopic (exact) mass is 522 g/mol. The van der Waals surface area contributed by atoms with Crippen molar-refractivity contribution in [2.24, 2.45) is 17.6 Å². The first-order valence-electron chi connectivity index (χ1n) is 12.1. The molecule has 38 heavy (non-hydrogen) atoms. The van der Waals surface area contributed by atoms with Crippen molar-refractivity contribution < 1.29 is 39.9 Å². The molecule has 1 amide bonds. The standard InChI is InChI=1S/C28H30N2O8/c1-4-13-12-18-22(30(2)3)24(34)21(27(29)37)26(36)28(18,38)25(35)20(13)23(33)17-11-15(8-9-19(17)32)14-6-5-7-16(31)10-14/h5-11,13,18,22,31-32,34-35,38H,4,12H2,1-3H3,(H2,29,37)/t13-,18-,22-,28-/m0/s1. The number of aliphatic hydroxyl groups excluding tert-OH is 2. The number of primary amides is 1. The van der Waals surface area contributed by atoms with Crippen LogP contribution in [0.4, 0.5) is 0 Å². The highest BCUT2D eigenvalue weighted by atomic mass is 16.3. The molecule has 200 valence electrons. The number of hydrogen-bond acceptors (Lipinski definition) is 9. The Morgan fingerprint density at radius 2 is 1.71 bits per heavy atom. The van der Waals surface area contributed by atoms with Gasteiger partial charge in [-0.2, -0.15) is 0 Å². The van der Waals surface area contributed by atoms with Gasteiger partial charge in [-0.3, -0.25) is 19.3 Å². The highest BCUT2D eigenvalue weighted by molar-refractivity contribution is 6.24. The third-order valence-electron chi connectivity index (χ3n) is 7.55. The smallest absolute Gasteiger partial charge is 0.255 e. The molecule has 0 saturated heterocycles. The summed E-state index contributed by atoms with van der Waals surface area (Å²) in [5.41, 5.74) is 2.40. The molecule has 0 aliphatic heterocycles. The normalized spacial score (nSPS) is 25.5. The van der Waals surface area contributed by atoms with Crippen molar-refractivity contribution in [2.75, 3.05) is 14.1 Å². The average Bonchev–Trinajstić information content (AvgIpc) is 2.85. The van der Waals surface area contributed by atoms with Gasteiger partial charge in [0.2, 0.25) is 5.78 Å². The van der Waals surface area contributed by atoms with Crippen LogP contribution < -0.4 is 5.73 Å². The number of aliphatic hydroxyl groups is 3. The number of likely N-dealkylation sites (N-methyl/N-ethyl adjacent to an activating group) is 1. The Labute approximate surface area is 218 Å². The molecule has 10 nitrogen and oxygen atoms in total.